The molecule has 0 N–H and O–H groups in total. The van der Waals surface area contributed by atoms with E-state index in [-0.39, 0.29) is 11.7 Å². The van der Waals surface area contributed by atoms with Gasteiger partial charge in [0.25, 0.3) is 0 Å². The molecule has 0 aliphatic rings. The molecule has 13 heavy (non-hydrogen) atoms. The smallest absolute Gasteiger partial charge is 0.145 e. The lowest BCUT2D eigenvalue weighted by Gasteiger charge is -2.10. The van der Waals surface area contributed by atoms with Crippen LogP contribution in [-0.4, -0.2) is 4.98 Å². The molecule has 2 heteroatoms. The summed E-state index contributed by atoms with van der Waals surface area (Å²) in [5.74, 6) is -0.0180. The average Bonchev–Trinajstić information content (AvgIpc) is 2.03. The summed E-state index contributed by atoms with van der Waals surface area (Å²) in [4.78, 5) is 4.31. The Hall–Kier alpha value is -0.920. The van der Waals surface area contributed by atoms with E-state index in [1.165, 1.54) is 0 Å². The van der Waals surface area contributed by atoms with Crippen molar-refractivity contribution in [2.75, 3.05) is 0 Å². The van der Waals surface area contributed by atoms with Crippen molar-refractivity contribution in [3.63, 3.8) is 0 Å². The highest BCUT2D eigenvalue weighted by molar-refractivity contribution is 5.24. The van der Waals surface area contributed by atoms with E-state index in [0.29, 0.717) is 5.69 Å². The fourth-order valence-electron chi connectivity index (χ4n) is 1.40. The third-order valence-electron chi connectivity index (χ3n) is 2.18. The zero-order valence-corrected chi connectivity index (χ0v) is 8.69. The predicted octanol–water partition coefficient (Wildman–Crippen LogP) is 3.21. The van der Waals surface area contributed by atoms with Gasteiger partial charge in [-0.15, -0.1) is 0 Å². The fraction of sp³-hybridized carbons (Fsp3) is 0.545. The van der Waals surface area contributed by atoms with Gasteiger partial charge in [0.1, 0.15) is 5.82 Å². The van der Waals surface area contributed by atoms with E-state index in [2.05, 4.69) is 4.98 Å². The minimum Gasteiger partial charge on any atom is -0.254 e. The van der Waals surface area contributed by atoms with Crippen molar-refractivity contribution in [3.05, 3.63) is 28.8 Å². The second-order valence-electron chi connectivity index (χ2n) is 3.63. The van der Waals surface area contributed by atoms with Crippen LogP contribution in [0.15, 0.2) is 6.07 Å². The molecule has 72 valence electrons. The van der Waals surface area contributed by atoms with Gasteiger partial charge in [0.15, 0.2) is 0 Å². The minimum atomic E-state index is -0.176. The van der Waals surface area contributed by atoms with Gasteiger partial charge in [-0.2, -0.15) is 0 Å². The average molecular weight is 181 g/mol. The van der Waals surface area contributed by atoms with Crippen LogP contribution in [0.2, 0.25) is 0 Å². The molecule has 1 nitrogen and oxygen atoms in total. The third-order valence-corrected chi connectivity index (χ3v) is 2.18. The van der Waals surface area contributed by atoms with Gasteiger partial charge in [0, 0.05) is 5.69 Å². The molecule has 0 spiro atoms. The number of pyridine rings is 1. The monoisotopic (exact) mass is 181 g/mol. The van der Waals surface area contributed by atoms with E-state index in [1.807, 2.05) is 27.7 Å². The number of aryl methyl sites for hydroxylation is 2. The highest BCUT2D eigenvalue weighted by Crippen LogP contribution is 2.18. The fourth-order valence-corrected chi connectivity index (χ4v) is 1.40. The van der Waals surface area contributed by atoms with Crippen LogP contribution in [0.3, 0.4) is 0 Å². The van der Waals surface area contributed by atoms with Crippen molar-refractivity contribution in [2.24, 2.45) is 0 Å². The molecule has 0 amide bonds. The normalized spacial score (nSPS) is 10.9. The molecule has 1 aromatic rings. The van der Waals surface area contributed by atoms with E-state index in [9.17, 15) is 4.39 Å². The van der Waals surface area contributed by atoms with E-state index in [4.69, 9.17) is 0 Å². The van der Waals surface area contributed by atoms with Crippen molar-refractivity contribution in [2.45, 2.75) is 40.0 Å². The summed E-state index contributed by atoms with van der Waals surface area (Å²) in [6.07, 6.45) is 0.867. The summed E-state index contributed by atoms with van der Waals surface area (Å²) < 4.78 is 13.4. The van der Waals surface area contributed by atoms with Crippen LogP contribution in [0.1, 0.15) is 43.6 Å². The topological polar surface area (TPSA) is 12.9 Å². The van der Waals surface area contributed by atoms with Crippen LogP contribution in [0, 0.1) is 12.7 Å². The zero-order valence-electron chi connectivity index (χ0n) is 8.69. The summed E-state index contributed by atoms with van der Waals surface area (Å²) >= 11 is 0. The van der Waals surface area contributed by atoms with Gasteiger partial charge in [0.05, 0.1) is 5.69 Å². The molecular formula is C11H16FN. The molecule has 1 heterocycles. The number of hydrogen-bond acceptors (Lipinski definition) is 1. The van der Waals surface area contributed by atoms with Crippen LogP contribution in [-0.2, 0) is 6.42 Å². The van der Waals surface area contributed by atoms with Gasteiger partial charge >= 0.3 is 0 Å². The number of nitrogens with zero attached hydrogens (tertiary/aromatic N) is 1. The highest BCUT2D eigenvalue weighted by atomic mass is 19.1. The van der Waals surface area contributed by atoms with Crippen LogP contribution in [0.4, 0.5) is 4.39 Å². The largest absolute Gasteiger partial charge is 0.254 e. The third kappa shape index (κ3) is 2.06. The SMILES string of the molecule is CCc1nc(C(C)C)c(F)cc1C. The minimum absolute atomic E-state index is 0.158. The first-order chi connectivity index (χ1) is 6.06. The Morgan fingerprint density at radius 2 is 2.08 bits per heavy atom. The first-order valence-electron chi connectivity index (χ1n) is 4.72. The van der Waals surface area contributed by atoms with Crippen LogP contribution in [0.5, 0.6) is 0 Å². The van der Waals surface area contributed by atoms with Gasteiger partial charge in [-0.25, -0.2) is 4.39 Å². The standard InChI is InChI=1S/C11H16FN/c1-5-10-8(4)6-9(12)11(13-10)7(2)3/h6-7H,5H2,1-4H3. The molecular weight excluding hydrogens is 165 g/mol. The van der Waals surface area contributed by atoms with E-state index < -0.39 is 0 Å². The van der Waals surface area contributed by atoms with Crippen molar-refractivity contribution in [1.29, 1.82) is 0 Å². The van der Waals surface area contributed by atoms with Crippen molar-refractivity contribution >= 4 is 0 Å². The second-order valence-corrected chi connectivity index (χ2v) is 3.63. The Kier molecular flexibility index (Phi) is 3.02. The van der Waals surface area contributed by atoms with Gasteiger partial charge in [-0.3, -0.25) is 4.98 Å². The molecule has 0 fully saturated rings. The molecule has 0 aromatic carbocycles. The second kappa shape index (κ2) is 3.86. The molecule has 0 saturated heterocycles. The number of hydrogen-bond donors (Lipinski definition) is 0. The van der Waals surface area contributed by atoms with E-state index >= 15 is 0 Å². The molecule has 0 bridgehead atoms. The van der Waals surface area contributed by atoms with Gasteiger partial charge in [0.2, 0.25) is 0 Å². The summed E-state index contributed by atoms with van der Waals surface area (Å²) in [5.41, 5.74) is 2.54. The molecule has 0 aliphatic heterocycles. The highest BCUT2D eigenvalue weighted by Gasteiger charge is 2.10. The Labute approximate surface area is 79.0 Å². The Balaban J connectivity index is 3.22. The maximum Gasteiger partial charge on any atom is 0.145 e. The molecule has 0 saturated carbocycles. The molecule has 0 aliphatic carbocycles. The maximum absolute atomic E-state index is 13.4. The number of rotatable bonds is 2. The quantitative estimate of drug-likeness (QED) is 0.682. The Morgan fingerprint density at radius 3 is 2.54 bits per heavy atom. The summed E-state index contributed by atoms with van der Waals surface area (Å²) in [5, 5.41) is 0. The molecule has 1 rings (SSSR count). The molecule has 0 radical (unpaired) electrons. The van der Waals surface area contributed by atoms with Crippen molar-refractivity contribution in [1.82, 2.24) is 4.98 Å². The maximum atomic E-state index is 13.4. The molecule has 0 unspecified atom stereocenters. The summed E-state index contributed by atoms with van der Waals surface area (Å²) in [6, 6.07) is 1.58. The first-order valence-corrected chi connectivity index (χ1v) is 4.72. The lowest BCUT2D eigenvalue weighted by Crippen LogP contribution is -2.03. The lowest BCUT2D eigenvalue weighted by atomic mass is 10.1. The lowest BCUT2D eigenvalue weighted by molar-refractivity contribution is 0.579. The van der Waals surface area contributed by atoms with Crippen LogP contribution in [0.25, 0.3) is 0 Å². The molecule has 1 aromatic heterocycles. The van der Waals surface area contributed by atoms with E-state index in [0.717, 1.165) is 17.7 Å². The van der Waals surface area contributed by atoms with Crippen LogP contribution < -0.4 is 0 Å². The Bertz CT molecular complexity index is 305. The Morgan fingerprint density at radius 1 is 1.46 bits per heavy atom. The summed E-state index contributed by atoms with van der Waals surface area (Å²) in [7, 11) is 0. The van der Waals surface area contributed by atoms with Crippen molar-refractivity contribution < 1.29 is 4.39 Å². The zero-order chi connectivity index (χ0) is 10.0. The van der Waals surface area contributed by atoms with Gasteiger partial charge in [-0.1, -0.05) is 20.8 Å². The van der Waals surface area contributed by atoms with Gasteiger partial charge in [-0.05, 0) is 30.9 Å². The predicted molar refractivity (Wildman–Crippen MR) is 52.4 cm³/mol. The first kappa shape index (κ1) is 10.2. The van der Waals surface area contributed by atoms with E-state index in [1.54, 1.807) is 6.07 Å². The molecule has 0 atom stereocenters. The van der Waals surface area contributed by atoms with Crippen LogP contribution >= 0.6 is 0 Å². The van der Waals surface area contributed by atoms with Gasteiger partial charge < -0.3 is 0 Å². The summed E-state index contributed by atoms with van der Waals surface area (Å²) in [6.45, 7) is 7.86. The van der Waals surface area contributed by atoms with Crippen molar-refractivity contribution in [3.8, 4) is 0 Å². The number of aromatic nitrogens is 1. The number of halogens is 1.